The molecule has 1 aromatic rings. The molecule has 0 fully saturated rings. The molecule has 0 aliphatic carbocycles. The third kappa shape index (κ3) is 6.05. The van der Waals surface area contributed by atoms with Crippen molar-refractivity contribution < 1.29 is 13.2 Å². The Hall–Kier alpha value is -1.15. The second-order valence-electron chi connectivity index (χ2n) is 5.54. The summed E-state index contributed by atoms with van der Waals surface area (Å²) in [5.41, 5.74) is 5.89. The minimum absolute atomic E-state index is 0. The molecule has 1 atom stereocenters. The summed E-state index contributed by atoms with van der Waals surface area (Å²) in [4.78, 5) is 12.2. The first-order valence-electron chi connectivity index (χ1n) is 7.97. The maximum absolute atomic E-state index is 12.6. The quantitative estimate of drug-likeness (QED) is 0.688. The van der Waals surface area contributed by atoms with Crippen molar-refractivity contribution in [3.63, 3.8) is 0 Å². The Bertz CT molecular complexity index is 599. The summed E-state index contributed by atoms with van der Waals surface area (Å²) < 4.78 is 26.7. The van der Waals surface area contributed by atoms with E-state index in [2.05, 4.69) is 5.32 Å². The summed E-state index contributed by atoms with van der Waals surface area (Å²) in [6, 6.07) is 5.89. The van der Waals surface area contributed by atoms with Gasteiger partial charge in [0, 0.05) is 31.2 Å². The van der Waals surface area contributed by atoms with Crippen LogP contribution in [0.2, 0.25) is 0 Å². The molecule has 0 unspecified atom stereocenters. The lowest BCUT2D eigenvalue weighted by atomic mass is 10.2. The molecule has 0 saturated carbocycles. The van der Waals surface area contributed by atoms with Gasteiger partial charge in [-0.3, -0.25) is 4.79 Å². The Balaban J connectivity index is 0.00000529. The molecule has 0 spiro atoms. The van der Waals surface area contributed by atoms with Crippen molar-refractivity contribution >= 4 is 28.3 Å². The van der Waals surface area contributed by atoms with Crippen molar-refractivity contribution in [3.05, 3.63) is 29.8 Å². The van der Waals surface area contributed by atoms with Gasteiger partial charge < -0.3 is 11.1 Å². The lowest BCUT2D eigenvalue weighted by Crippen LogP contribution is -2.37. The van der Waals surface area contributed by atoms with Gasteiger partial charge in [0.1, 0.15) is 0 Å². The summed E-state index contributed by atoms with van der Waals surface area (Å²) >= 11 is 0. The fourth-order valence-electron chi connectivity index (χ4n) is 2.14. The molecular weight excluding hydrogens is 350 g/mol. The molecule has 138 valence electrons. The highest BCUT2D eigenvalue weighted by Crippen LogP contribution is 2.17. The summed E-state index contributed by atoms with van der Waals surface area (Å²) in [5.74, 6) is -0.258. The van der Waals surface area contributed by atoms with Crippen LogP contribution in [0.15, 0.2) is 29.2 Å². The average molecular weight is 378 g/mol. The van der Waals surface area contributed by atoms with Crippen LogP contribution in [0.4, 0.5) is 0 Å². The van der Waals surface area contributed by atoms with Crippen LogP contribution in [0.5, 0.6) is 0 Å². The topological polar surface area (TPSA) is 92.5 Å². The Morgan fingerprint density at radius 1 is 1.17 bits per heavy atom. The van der Waals surface area contributed by atoms with Crippen LogP contribution in [-0.4, -0.2) is 44.3 Å². The van der Waals surface area contributed by atoms with Crippen molar-refractivity contribution in [1.82, 2.24) is 9.62 Å². The number of rotatable bonds is 9. The largest absolute Gasteiger partial charge is 0.348 e. The number of hydrogen-bond donors (Lipinski definition) is 2. The van der Waals surface area contributed by atoms with Crippen molar-refractivity contribution in [2.45, 2.75) is 44.6 Å². The van der Waals surface area contributed by atoms with Crippen LogP contribution in [0, 0.1) is 0 Å². The van der Waals surface area contributed by atoms with E-state index in [9.17, 15) is 13.2 Å². The molecule has 1 aromatic carbocycles. The molecule has 6 nitrogen and oxygen atoms in total. The number of carbonyl (C=O) groups excluding carboxylic acids is 1. The van der Waals surface area contributed by atoms with E-state index in [1.54, 1.807) is 0 Å². The van der Waals surface area contributed by atoms with Crippen molar-refractivity contribution in [2.75, 3.05) is 19.6 Å². The SMILES string of the molecule is CCCN(CCC)S(=O)(=O)c1ccc(C(=O)N[C@@H](C)CN)cc1.Cl. The van der Waals surface area contributed by atoms with Gasteiger partial charge in [-0.05, 0) is 44.0 Å². The van der Waals surface area contributed by atoms with E-state index in [-0.39, 0.29) is 29.3 Å². The van der Waals surface area contributed by atoms with E-state index in [0.717, 1.165) is 12.8 Å². The van der Waals surface area contributed by atoms with Crippen molar-refractivity contribution in [3.8, 4) is 0 Å². The van der Waals surface area contributed by atoms with Crippen LogP contribution in [0.3, 0.4) is 0 Å². The molecule has 24 heavy (non-hydrogen) atoms. The van der Waals surface area contributed by atoms with Gasteiger partial charge in [0.25, 0.3) is 5.91 Å². The van der Waals surface area contributed by atoms with Gasteiger partial charge in [0.05, 0.1) is 4.90 Å². The smallest absolute Gasteiger partial charge is 0.251 e. The van der Waals surface area contributed by atoms with Crippen LogP contribution >= 0.6 is 12.4 Å². The third-order valence-corrected chi connectivity index (χ3v) is 5.34. The molecule has 1 rings (SSSR count). The second-order valence-corrected chi connectivity index (χ2v) is 7.48. The minimum atomic E-state index is -3.51. The van der Waals surface area contributed by atoms with Gasteiger partial charge in [-0.25, -0.2) is 8.42 Å². The van der Waals surface area contributed by atoms with Gasteiger partial charge in [0.15, 0.2) is 0 Å². The molecule has 0 heterocycles. The Kier molecular flexibility index (Phi) is 10.1. The number of amides is 1. The molecule has 0 aliphatic rings. The fraction of sp³-hybridized carbons (Fsp3) is 0.562. The lowest BCUT2D eigenvalue weighted by Gasteiger charge is -2.21. The zero-order valence-electron chi connectivity index (χ0n) is 14.5. The van der Waals surface area contributed by atoms with Crippen LogP contribution in [-0.2, 0) is 10.0 Å². The predicted octanol–water partition coefficient (Wildman–Crippen LogP) is 2.00. The van der Waals surface area contributed by atoms with E-state index in [0.29, 0.717) is 25.2 Å². The highest BCUT2D eigenvalue weighted by atomic mass is 35.5. The number of nitrogens with zero attached hydrogens (tertiary/aromatic N) is 1. The summed E-state index contributed by atoms with van der Waals surface area (Å²) in [7, 11) is -3.51. The molecule has 3 N–H and O–H groups in total. The van der Waals surface area contributed by atoms with E-state index in [1.807, 2.05) is 20.8 Å². The Labute approximate surface area is 151 Å². The molecule has 1 amide bonds. The highest BCUT2D eigenvalue weighted by molar-refractivity contribution is 7.89. The molecular formula is C16H28ClN3O3S. The monoisotopic (exact) mass is 377 g/mol. The number of carbonyl (C=O) groups is 1. The maximum Gasteiger partial charge on any atom is 0.251 e. The van der Waals surface area contributed by atoms with E-state index in [4.69, 9.17) is 5.73 Å². The van der Waals surface area contributed by atoms with Crippen molar-refractivity contribution in [2.24, 2.45) is 5.73 Å². The zero-order chi connectivity index (χ0) is 17.5. The lowest BCUT2D eigenvalue weighted by molar-refractivity contribution is 0.0941. The Morgan fingerprint density at radius 2 is 1.67 bits per heavy atom. The molecule has 0 radical (unpaired) electrons. The number of halogens is 1. The van der Waals surface area contributed by atoms with Gasteiger partial charge in [-0.15, -0.1) is 12.4 Å². The number of hydrogen-bond acceptors (Lipinski definition) is 4. The molecule has 0 aliphatic heterocycles. The molecule has 0 saturated heterocycles. The van der Waals surface area contributed by atoms with Crippen LogP contribution < -0.4 is 11.1 Å². The number of nitrogens with two attached hydrogens (primary N) is 1. The predicted molar refractivity (Wildman–Crippen MR) is 99.0 cm³/mol. The van der Waals surface area contributed by atoms with E-state index >= 15 is 0 Å². The summed E-state index contributed by atoms with van der Waals surface area (Å²) in [6.45, 7) is 7.04. The second kappa shape index (κ2) is 10.7. The first-order chi connectivity index (χ1) is 10.9. The van der Waals surface area contributed by atoms with Crippen LogP contribution in [0.1, 0.15) is 44.0 Å². The van der Waals surface area contributed by atoms with Crippen molar-refractivity contribution in [1.29, 1.82) is 0 Å². The zero-order valence-corrected chi connectivity index (χ0v) is 16.1. The van der Waals surface area contributed by atoms with Gasteiger partial charge in [-0.2, -0.15) is 4.31 Å². The molecule has 0 bridgehead atoms. The van der Waals surface area contributed by atoms with Gasteiger partial charge >= 0.3 is 0 Å². The molecule has 8 heteroatoms. The summed E-state index contributed by atoms with van der Waals surface area (Å²) in [6.07, 6.45) is 1.52. The van der Waals surface area contributed by atoms with Crippen LogP contribution in [0.25, 0.3) is 0 Å². The number of sulfonamides is 1. The first kappa shape index (κ1) is 22.9. The van der Waals surface area contributed by atoms with E-state index < -0.39 is 10.0 Å². The maximum atomic E-state index is 12.6. The standard InChI is InChI=1S/C16H27N3O3S.ClH/c1-4-10-19(11-5-2)23(21,22)15-8-6-14(7-9-15)16(20)18-13(3)12-17;/h6-9,13H,4-5,10-12,17H2,1-3H3,(H,18,20);1H/t13-;/m0./s1. The van der Waals surface area contributed by atoms with Gasteiger partial charge in [-0.1, -0.05) is 13.8 Å². The minimum Gasteiger partial charge on any atom is -0.348 e. The average Bonchev–Trinajstić information content (AvgIpc) is 2.54. The first-order valence-corrected chi connectivity index (χ1v) is 9.41. The third-order valence-electron chi connectivity index (χ3n) is 3.43. The summed E-state index contributed by atoms with van der Waals surface area (Å²) in [5, 5.41) is 2.74. The molecule has 0 aromatic heterocycles. The Morgan fingerprint density at radius 3 is 2.08 bits per heavy atom. The normalized spacial score (nSPS) is 12.5. The fourth-order valence-corrected chi connectivity index (χ4v) is 3.77. The number of benzene rings is 1. The van der Waals surface area contributed by atoms with Gasteiger partial charge in [0.2, 0.25) is 10.0 Å². The highest BCUT2D eigenvalue weighted by Gasteiger charge is 2.23. The van der Waals surface area contributed by atoms with E-state index in [1.165, 1.54) is 28.6 Å². The number of nitrogens with one attached hydrogen (secondary N) is 1.